The third kappa shape index (κ3) is 5.50. The number of aliphatic carboxylic acids is 1. The van der Waals surface area contributed by atoms with Crippen LogP contribution in [0.4, 0.5) is 0 Å². The molecule has 2 unspecified atom stereocenters. The third-order valence-corrected chi connectivity index (χ3v) is 4.08. The van der Waals surface area contributed by atoms with Crippen LogP contribution in [-0.4, -0.2) is 28.6 Å². The van der Waals surface area contributed by atoms with E-state index in [0.717, 1.165) is 12.8 Å². The van der Waals surface area contributed by atoms with Gasteiger partial charge in [-0.05, 0) is 43.7 Å². The molecule has 0 fully saturated rings. The monoisotopic (exact) mass is 291 g/mol. The van der Waals surface area contributed by atoms with E-state index in [-0.39, 0.29) is 18.6 Å². The van der Waals surface area contributed by atoms with Crippen molar-refractivity contribution < 1.29 is 9.90 Å². The van der Waals surface area contributed by atoms with Gasteiger partial charge in [-0.3, -0.25) is 9.69 Å². The van der Waals surface area contributed by atoms with E-state index in [2.05, 4.69) is 63.8 Å². The van der Waals surface area contributed by atoms with E-state index >= 15 is 0 Å². The Balaban J connectivity index is 2.87. The summed E-state index contributed by atoms with van der Waals surface area (Å²) in [6.45, 7) is 10.8. The lowest BCUT2D eigenvalue weighted by molar-refractivity contribution is -0.139. The summed E-state index contributed by atoms with van der Waals surface area (Å²) in [7, 11) is 0. The van der Waals surface area contributed by atoms with E-state index in [4.69, 9.17) is 5.11 Å². The number of hydrogen-bond acceptors (Lipinski definition) is 2. The fourth-order valence-corrected chi connectivity index (χ4v) is 2.66. The number of benzene rings is 1. The van der Waals surface area contributed by atoms with Gasteiger partial charge < -0.3 is 5.11 Å². The normalized spacial score (nSPS) is 14.4. The lowest BCUT2D eigenvalue weighted by atomic mass is 9.98. The van der Waals surface area contributed by atoms with Crippen molar-refractivity contribution in [3.8, 4) is 0 Å². The molecule has 2 atom stereocenters. The van der Waals surface area contributed by atoms with Crippen LogP contribution >= 0.6 is 0 Å². The number of hydrogen-bond donors (Lipinski definition) is 1. The maximum Gasteiger partial charge on any atom is 0.317 e. The Morgan fingerprint density at radius 2 is 1.71 bits per heavy atom. The second-order valence-corrected chi connectivity index (χ2v) is 6.34. The zero-order chi connectivity index (χ0) is 16.0. The van der Waals surface area contributed by atoms with Crippen LogP contribution in [0.1, 0.15) is 58.2 Å². The van der Waals surface area contributed by atoms with Crippen LogP contribution in [0.2, 0.25) is 0 Å². The van der Waals surface area contributed by atoms with Gasteiger partial charge in [0.15, 0.2) is 0 Å². The van der Waals surface area contributed by atoms with Crippen LogP contribution in [0.25, 0.3) is 0 Å². The molecule has 0 bridgehead atoms. The molecular formula is C18H29NO2. The molecule has 3 nitrogen and oxygen atoms in total. The smallest absolute Gasteiger partial charge is 0.317 e. The van der Waals surface area contributed by atoms with Crippen molar-refractivity contribution in [3.05, 3.63) is 35.4 Å². The molecule has 0 heterocycles. The number of rotatable bonds is 8. The first kappa shape index (κ1) is 17.7. The highest BCUT2D eigenvalue weighted by Gasteiger charge is 2.22. The number of carbonyl (C=O) groups is 1. The zero-order valence-corrected chi connectivity index (χ0v) is 14.0. The van der Waals surface area contributed by atoms with Gasteiger partial charge in [-0.2, -0.15) is 0 Å². The van der Waals surface area contributed by atoms with Crippen molar-refractivity contribution in [2.45, 2.75) is 59.5 Å². The Bertz CT molecular complexity index is 439. The quantitative estimate of drug-likeness (QED) is 0.783. The van der Waals surface area contributed by atoms with Gasteiger partial charge in [-0.1, -0.05) is 45.0 Å². The second-order valence-electron chi connectivity index (χ2n) is 6.34. The van der Waals surface area contributed by atoms with Crippen molar-refractivity contribution in [1.82, 2.24) is 4.90 Å². The van der Waals surface area contributed by atoms with Crippen molar-refractivity contribution in [1.29, 1.82) is 0 Å². The molecular weight excluding hydrogens is 262 g/mol. The second kappa shape index (κ2) is 8.18. The maximum absolute atomic E-state index is 11.1. The molecule has 118 valence electrons. The lowest BCUT2D eigenvalue weighted by Gasteiger charge is -2.33. The fraction of sp³-hybridized carbons (Fsp3) is 0.611. The highest BCUT2D eigenvalue weighted by atomic mass is 16.4. The zero-order valence-electron chi connectivity index (χ0n) is 14.0. The molecule has 0 saturated carbocycles. The number of carboxylic acids is 1. The van der Waals surface area contributed by atoms with E-state index in [1.807, 2.05) is 0 Å². The highest BCUT2D eigenvalue weighted by Crippen LogP contribution is 2.24. The van der Waals surface area contributed by atoms with Crippen LogP contribution in [0.3, 0.4) is 0 Å². The van der Waals surface area contributed by atoms with Crippen LogP contribution in [0.15, 0.2) is 24.3 Å². The molecule has 0 saturated heterocycles. The summed E-state index contributed by atoms with van der Waals surface area (Å²) in [6.07, 6.45) is 2.03. The molecule has 1 rings (SSSR count). The summed E-state index contributed by atoms with van der Waals surface area (Å²) < 4.78 is 0. The lowest BCUT2D eigenvalue weighted by Crippen LogP contribution is -2.39. The third-order valence-electron chi connectivity index (χ3n) is 4.08. The minimum Gasteiger partial charge on any atom is -0.480 e. The summed E-state index contributed by atoms with van der Waals surface area (Å²) >= 11 is 0. The van der Waals surface area contributed by atoms with E-state index < -0.39 is 5.97 Å². The van der Waals surface area contributed by atoms with Crippen LogP contribution in [0, 0.1) is 5.92 Å². The van der Waals surface area contributed by atoms with E-state index in [1.54, 1.807) is 0 Å². The maximum atomic E-state index is 11.1. The van der Waals surface area contributed by atoms with Crippen molar-refractivity contribution in [2.24, 2.45) is 5.92 Å². The van der Waals surface area contributed by atoms with Crippen LogP contribution in [-0.2, 0) is 11.2 Å². The Morgan fingerprint density at radius 1 is 1.14 bits per heavy atom. The molecule has 0 radical (unpaired) electrons. The van der Waals surface area contributed by atoms with Gasteiger partial charge in [0.1, 0.15) is 0 Å². The van der Waals surface area contributed by atoms with Gasteiger partial charge in [0.05, 0.1) is 6.54 Å². The first-order valence-corrected chi connectivity index (χ1v) is 7.91. The number of nitrogens with zero attached hydrogens (tertiary/aromatic N) is 1. The molecule has 0 aromatic heterocycles. The van der Waals surface area contributed by atoms with Crippen molar-refractivity contribution in [2.75, 3.05) is 6.54 Å². The molecule has 0 spiro atoms. The first-order chi connectivity index (χ1) is 9.85. The minimum absolute atomic E-state index is 0.0872. The van der Waals surface area contributed by atoms with Gasteiger partial charge in [-0.15, -0.1) is 0 Å². The van der Waals surface area contributed by atoms with E-state index in [1.165, 1.54) is 11.1 Å². The van der Waals surface area contributed by atoms with Gasteiger partial charge in [-0.25, -0.2) is 0 Å². The molecule has 0 aliphatic carbocycles. The fourth-order valence-electron chi connectivity index (χ4n) is 2.66. The summed E-state index contributed by atoms with van der Waals surface area (Å²) in [4.78, 5) is 13.2. The summed E-state index contributed by atoms with van der Waals surface area (Å²) in [5.41, 5.74) is 2.53. The molecule has 0 aliphatic rings. The Morgan fingerprint density at radius 3 is 2.14 bits per heavy atom. The topological polar surface area (TPSA) is 40.5 Å². The molecule has 1 aromatic carbocycles. The standard InChI is InChI=1S/C18H29NO2/c1-6-14(4)19(12-18(20)21)15(5)17-9-7-16(8-10-17)11-13(2)3/h7-10,13-15H,6,11-12H2,1-5H3,(H,20,21). The van der Waals surface area contributed by atoms with Gasteiger partial charge >= 0.3 is 5.97 Å². The molecule has 0 amide bonds. The molecule has 3 heteroatoms. The number of carboxylic acid groups (broad SMARTS) is 1. The van der Waals surface area contributed by atoms with Crippen LogP contribution < -0.4 is 0 Å². The summed E-state index contributed by atoms with van der Waals surface area (Å²) in [5, 5.41) is 9.13. The van der Waals surface area contributed by atoms with Crippen molar-refractivity contribution >= 4 is 5.97 Å². The average molecular weight is 291 g/mol. The van der Waals surface area contributed by atoms with Gasteiger partial charge in [0.25, 0.3) is 0 Å². The molecule has 0 aliphatic heterocycles. The molecule has 1 N–H and O–H groups in total. The average Bonchev–Trinajstić information content (AvgIpc) is 2.43. The van der Waals surface area contributed by atoms with Gasteiger partial charge in [0, 0.05) is 12.1 Å². The predicted octanol–water partition coefficient (Wildman–Crippen LogP) is 4.13. The van der Waals surface area contributed by atoms with E-state index in [9.17, 15) is 4.79 Å². The SMILES string of the molecule is CCC(C)N(CC(=O)O)C(C)c1ccc(CC(C)C)cc1. The van der Waals surface area contributed by atoms with Crippen LogP contribution in [0.5, 0.6) is 0 Å². The highest BCUT2D eigenvalue weighted by molar-refractivity contribution is 5.69. The minimum atomic E-state index is -0.765. The largest absolute Gasteiger partial charge is 0.480 e. The van der Waals surface area contributed by atoms with Gasteiger partial charge in [0.2, 0.25) is 0 Å². The summed E-state index contributed by atoms with van der Waals surface area (Å²) in [6, 6.07) is 8.98. The Hall–Kier alpha value is -1.35. The molecule has 1 aromatic rings. The first-order valence-electron chi connectivity index (χ1n) is 7.91. The predicted molar refractivity (Wildman–Crippen MR) is 87.5 cm³/mol. The Kier molecular flexibility index (Phi) is 6.90. The van der Waals surface area contributed by atoms with Crippen molar-refractivity contribution in [3.63, 3.8) is 0 Å². The summed E-state index contributed by atoms with van der Waals surface area (Å²) in [5.74, 6) is -0.115. The van der Waals surface area contributed by atoms with E-state index in [0.29, 0.717) is 5.92 Å². The Labute approximate surface area is 129 Å². The molecule has 21 heavy (non-hydrogen) atoms.